The highest BCUT2D eigenvalue weighted by atomic mass is 31.2. The lowest BCUT2D eigenvalue weighted by atomic mass is 9.87. The molecule has 1 rings (SSSR count). The number of aliphatic hydroxyl groups excluding tert-OH is 3. The van der Waals surface area contributed by atoms with E-state index in [9.17, 15) is 34.4 Å². The van der Waals surface area contributed by atoms with Gasteiger partial charge in [0.15, 0.2) is 12.4 Å². The maximum atomic E-state index is 12.7. The maximum Gasteiger partial charge on any atom is 0.472 e. The van der Waals surface area contributed by atoms with Gasteiger partial charge < -0.3 is 40.2 Å². The molecule has 0 aliphatic carbocycles. The van der Waals surface area contributed by atoms with Gasteiger partial charge in [0.05, 0.1) is 31.5 Å². The number of nitrogens with two attached hydrogens (primary N) is 1. The third-order valence-corrected chi connectivity index (χ3v) is 10.7. The molecule has 1 saturated heterocycles. The standard InChI is InChI=1S/C45H78NO12P/c1-3-5-7-8-9-10-11-12-13-14-15-16-17-18-19-20-25-29-43(49)54-36-39(37-56-59(52,53)55-34-33-46)57-44(50)30-26-22-21-24-28-40-41(48)35-45(51)58-42(40)32-31-38(47)27-23-6-4-2/h12-13,15-16,18-19,21,24,31-32,38-42,45,47-48,51H,3-11,14,17,20,22-23,25-30,33-37,46H2,1-2H3,(H,52,53)/b13-12-,16-15-,19-18-,24-21-,32-31+/t38-,39+,40-,41-,42+,45?/m0/s1. The van der Waals surface area contributed by atoms with E-state index in [1.807, 2.05) is 18.2 Å². The van der Waals surface area contributed by atoms with Crippen LogP contribution in [-0.4, -0.2) is 89.2 Å². The third-order valence-electron chi connectivity index (χ3n) is 9.67. The molecule has 0 aromatic rings. The summed E-state index contributed by atoms with van der Waals surface area (Å²) in [6.07, 6.45) is 33.1. The van der Waals surface area contributed by atoms with Crippen LogP contribution >= 0.6 is 7.82 Å². The highest BCUT2D eigenvalue weighted by Crippen LogP contribution is 2.43. The molecule has 6 N–H and O–H groups in total. The molecule has 0 radical (unpaired) electrons. The van der Waals surface area contributed by atoms with Crippen LogP contribution in [-0.2, 0) is 37.4 Å². The number of unbranched alkanes of at least 4 members (excludes halogenated alkanes) is 10. The molecule has 0 aromatic carbocycles. The first-order chi connectivity index (χ1) is 28.5. The van der Waals surface area contributed by atoms with E-state index < -0.39 is 57.1 Å². The van der Waals surface area contributed by atoms with Crippen molar-refractivity contribution in [3.05, 3.63) is 60.8 Å². The van der Waals surface area contributed by atoms with E-state index in [0.29, 0.717) is 38.5 Å². The molecule has 2 unspecified atom stereocenters. The summed E-state index contributed by atoms with van der Waals surface area (Å²) < 4.78 is 38.4. The Labute approximate surface area is 354 Å². The molecule has 14 heteroatoms. The Kier molecular flexibility index (Phi) is 33.5. The number of rotatable bonds is 36. The van der Waals surface area contributed by atoms with E-state index in [0.717, 1.165) is 38.5 Å². The molecule has 13 nitrogen and oxygen atoms in total. The van der Waals surface area contributed by atoms with Crippen LogP contribution in [0.15, 0.2) is 60.8 Å². The zero-order valence-corrected chi connectivity index (χ0v) is 36.9. The largest absolute Gasteiger partial charge is 0.472 e. The zero-order valence-electron chi connectivity index (χ0n) is 36.0. The molecule has 0 bridgehead atoms. The summed E-state index contributed by atoms with van der Waals surface area (Å²) in [6.45, 7) is 3.23. The second kappa shape index (κ2) is 36.2. The predicted molar refractivity (Wildman–Crippen MR) is 232 cm³/mol. The number of phosphoric acid groups is 1. The Bertz CT molecular complexity index is 1270. The lowest BCUT2D eigenvalue weighted by Gasteiger charge is -2.36. The van der Waals surface area contributed by atoms with Crippen LogP contribution in [0.1, 0.15) is 149 Å². The number of carbonyl (C=O) groups excluding carboxylic acids is 2. The van der Waals surface area contributed by atoms with Crippen molar-refractivity contribution in [2.24, 2.45) is 11.7 Å². The van der Waals surface area contributed by atoms with E-state index in [1.165, 1.54) is 38.5 Å². The van der Waals surface area contributed by atoms with Crippen molar-refractivity contribution >= 4 is 19.8 Å². The summed E-state index contributed by atoms with van der Waals surface area (Å²) in [6, 6.07) is 0. The van der Waals surface area contributed by atoms with E-state index in [4.69, 9.17) is 29.0 Å². The number of hydrogen-bond donors (Lipinski definition) is 5. The maximum absolute atomic E-state index is 12.7. The molecule has 7 atom stereocenters. The second-order valence-corrected chi connectivity index (χ2v) is 16.5. The number of carbonyl (C=O) groups is 2. The quantitative estimate of drug-likeness (QED) is 0.0174. The van der Waals surface area contributed by atoms with E-state index in [-0.39, 0.29) is 44.9 Å². The first-order valence-corrected chi connectivity index (χ1v) is 23.7. The molecule has 340 valence electrons. The van der Waals surface area contributed by atoms with Gasteiger partial charge in [0.1, 0.15) is 6.61 Å². The molecular weight excluding hydrogens is 777 g/mol. The Morgan fingerprint density at radius 2 is 1.37 bits per heavy atom. The third kappa shape index (κ3) is 31.1. The van der Waals surface area contributed by atoms with Crippen molar-refractivity contribution in [2.75, 3.05) is 26.4 Å². The van der Waals surface area contributed by atoms with Gasteiger partial charge in [-0.15, -0.1) is 0 Å². The Morgan fingerprint density at radius 1 is 0.780 bits per heavy atom. The van der Waals surface area contributed by atoms with Crippen molar-refractivity contribution in [3.63, 3.8) is 0 Å². The lowest BCUT2D eigenvalue weighted by Crippen LogP contribution is -2.43. The van der Waals surface area contributed by atoms with Crippen LogP contribution in [0, 0.1) is 5.92 Å². The molecular formula is C45H78NO12P. The Morgan fingerprint density at radius 3 is 2.05 bits per heavy atom. The number of phosphoric ester groups is 1. The minimum atomic E-state index is -4.47. The van der Waals surface area contributed by atoms with Gasteiger partial charge in [-0.3, -0.25) is 18.6 Å². The summed E-state index contributed by atoms with van der Waals surface area (Å²) >= 11 is 0. The normalized spacial score (nSPS) is 20.9. The van der Waals surface area contributed by atoms with Crippen LogP contribution in [0.5, 0.6) is 0 Å². The number of aliphatic hydroxyl groups is 3. The molecule has 1 fully saturated rings. The van der Waals surface area contributed by atoms with E-state index in [1.54, 1.807) is 12.2 Å². The van der Waals surface area contributed by atoms with Gasteiger partial charge in [0.25, 0.3) is 0 Å². The molecule has 1 aliphatic heterocycles. The number of hydrogen-bond acceptors (Lipinski definition) is 12. The smallest absolute Gasteiger partial charge is 0.462 e. The summed E-state index contributed by atoms with van der Waals surface area (Å²) in [5, 5.41) is 31.0. The molecule has 0 saturated carbocycles. The topological polar surface area (TPSA) is 204 Å². The average molecular weight is 856 g/mol. The van der Waals surface area contributed by atoms with Gasteiger partial charge >= 0.3 is 19.8 Å². The molecule has 1 aliphatic rings. The van der Waals surface area contributed by atoms with Crippen molar-refractivity contribution in [1.29, 1.82) is 0 Å². The minimum absolute atomic E-state index is 0.000366. The summed E-state index contributed by atoms with van der Waals surface area (Å²) in [4.78, 5) is 35.1. The fourth-order valence-corrected chi connectivity index (χ4v) is 7.04. The van der Waals surface area contributed by atoms with Gasteiger partial charge in [0, 0.05) is 31.7 Å². The average Bonchev–Trinajstić information content (AvgIpc) is 3.20. The first-order valence-electron chi connectivity index (χ1n) is 22.2. The van der Waals surface area contributed by atoms with Crippen molar-refractivity contribution < 1.29 is 57.6 Å². The predicted octanol–water partition coefficient (Wildman–Crippen LogP) is 8.60. The SMILES string of the molecule is CCCCCCCC/C=C\C/C=C\C/C=C\CCCC(=O)OC[C@H](COP(=O)(O)OCCN)OC(=O)CCC/C=C\C[C@H]1[C@@H](O)CC(O)O[C@@H]1/C=C/[C@@H](O)CCCCC. The van der Waals surface area contributed by atoms with Gasteiger partial charge in [-0.25, -0.2) is 4.57 Å². The number of esters is 2. The highest BCUT2D eigenvalue weighted by molar-refractivity contribution is 7.47. The number of ether oxygens (including phenoxy) is 3. The minimum Gasteiger partial charge on any atom is -0.462 e. The van der Waals surface area contributed by atoms with Crippen LogP contribution in [0.25, 0.3) is 0 Å². The van der Waals surface area contributed by atoms with Crippen molar-refractivity contribution in [1.82, 2.24) is 0 Å². The number of allylic oxidation sites excluding steroid dienone is 8. The summed E-state index contributed by atoms with van der Waals surface area (Å²) in [7, 11) is -4.47. The van der Waals surface area contributed by atoms with Gasteiger partial charge in [-0.1, -0.05) is 126 Å². The van der Waals surface area contributed by atoms with Crippen molar-refractivity contribution in [3.8, 4) is 0 Å². The van der Waals surface area contributed by atoms with Crippen LogP contribution < -0.4 is 5.73 Å². The Hall–Kier alpha value is -2.45. The molecule has 0 spiro atoms. The molecule has 59 heavy (non-hydrogen) atoms. The zero-order chi connectivity index (χ0) is 43.4. The van der Waals surface area contributed by atoms with Crippen LogP contribution in [0.3, 0.4) is 0 Å². The summed E-state index contributed by atoms with van der Waals surface area (Å²) in [5.41, 5.74) is 5.34. The summed E-state index contributed by atoms with van der Waals surface area (Å²) in [5.74, 6) is -1.41. The fourth-order valence-electron chi connectivity index (χ4n) is 6.28. The molecule has 1 heterocycles. The van der Waals surface area contributed by atoms with E-state index in [2.05, 4.69) is 44.2 Å². The first kappa shape index (κ1) is 54.6. The fraction of sp³-hybridized carbons (Fsp3) is 0.733. The second-order valence-electron chi connectivity index (χ2n) is 15.1. The van der Waals surface area contributed by atoms with Gasteiger partial charge in [0.2, 0.25) is 0 Å². The monoisotopic (exact) mass is 856 g/mol. The highest BCUT2D eigenvalue weighted by Gasteiger charge is 2.35. The van der Waals surface area contributed by atoms with Crippen LogP contribution in [0.2, 0.25) is 0 Å². The Balaban J connectivity index is 2.48. The molecule has 0 aromatic heterocycles. The van der Waals surface area contributed by atoms with E-state index >= 15 is 0 Å². The van der Waals surface area contributed by atoms with Crippen LogP contribution in [0.4, 0.5) is 0 Å². The molecule has 0 amide bonds. The van der Waals surface area contributed by atoms with Crippen molar-refractivity contribution in [2.45, 2.75) is 179 Å². The van der Waals surface area contributed by atoms with Gasteiger partial charge in [-0.05, 0) is 64.2 Å². The van der Waals surface area contributed by atoms with Gasteiger partial charge in [-0.2, -0.15) is 0 Å². The lowest BCUT2D eigenvalue weighted by molar-refractivity contribution is -0.199.